The summed E-state index contributed by atoms with van der Waals surface area (Å²) in [6.07, 6.45) is 6.88. The summed E-state index contributed by atoms with van der Waals surface area (Å²) < 4.78 is 39.9. The summed E-state index contributed by atoms with van der Waals surface area (Å²) in [5.74, 6) is 5.28. The summed E-state index contributed by atoms with van der Waals surface area (Å²) in [6.45, 7) is 2.26. The summed E-state index contributed by atoms with van der Waals surface area (Å²) in [4.78, 5) is 31.1. The van der Waals surface area contributed by atoms with Crippen LogP contribution < -0.4 is 29.4 Å². The monoisotopic (exact) mass is 795 g/mol. The van der Waals surface area contributed by atoms with Crippen molar-refractivity contribution in [2.45, 2.75) is 57.2 Å². The topological polar surface area (TPSA) is 149 Å². The minimum Gasteiger partial charge on any atom is -0.493 e. The Morgan fingerprint density at radius 3 is 2.42 bits per heavy atom. The predicted octanol–water partition coefficient (Wildman–Crippen LogP) is 7.96. The number of anilines is 1. The molecule has 7 heterocycles. The number of unbranched alkanes of at least 4 members (excludes halogenated alkanes) is 1. The smallest absolute Gasteiger partial charge is 0.410 e. The van der Waals surface area contributed by atoms with E-state index < -0.39 is 6.04 Å². The zero-order valence-corrected chi connectivity index (χ0v) is 33.3. The van der Waals surface area contributed by atoms with Gasteiger partial charge in [-0.3, -0.25) is 4.90 Å². The van der Waals surface area contributed by atoms with Crippen LogP contribution in [0.2, 0.25) is 0 Å². The van der Waals surface area contributed by atoms with E-state index >= 15 is 0 Å². The van der Waals surface area contributed by atoms with E-state index in [9.17, 15) is 4.79 Å². The fourth-order valence-electron chi connectivity index (χ4n) is 8.95. The molecule has 0 spiro atoms. The van der Waals surface area contributed by atoms with Crippen LogP contribution in [-0.4, -0.2) is 76.4 Å². The van der Waals surface area contributed by atoms with Crippen LogP contribution in [0.3, 0.4) is 0 Å². The molecule has 0 aliphatic carbocycles. The standard InChI is InChI=1S/C45H45N7O7/c1-50-15-12-28-21-36-37-23-31(28)32(50)19-27-8-11-34(54-2)35(20-27)57-30-9-6-26(7-10-30)18-33-39-29(22-38(55-3)41(58-36)42(39)59-37)13-16-52(33)45(53)56-17-5-4-14-51-25-49-40-43(46)47-24-48-44(40)51/h6-11,20-25,32-33H,4-5,12-19H2,1-3H3,(H2,46,47,48)/t32-,33-/m0/s1. The van der Waals surface area contributed by atoms with Crippen LogP contribution in [0.4, 0.5) is 10.6 Å². The summed E-state index contributed by atoms with van der Waals surface area (Å²) in [7, 11) is 5.47. The second kappa shape index (κ2) is 15.0. The first-order valence-electron chi connectivity index (χ1n) is 20.1. The van der Waals surface area contributed by atoms with E-state index in [1.54, 1.807) is 20.5 Å². The molecular weight excluding hydrogens is 751 g/mol. The van der Waals surface area contributed by atoms with E-state index in [4.69, 9.17) is 34.2 Å². The lowest BCUT2D eigenvalue weighted by atomic mass is 9.86. The van der Waals surface area contributed by atoms with E-state index in [0.717, 1.165) is 48.1 Å². The number of rotatable bonds is 7. The number of imidazole rings is 1. The van der Waals surface area contributed by atoms with Gasteiger partial charge in [-0.1, -0.05) is 18.2 Å². The molecule has 0 fully saturated rings. The molecule has 0 saturated heterocycles. The molecule has 5 aliphatic rings. The average Bonchev–Trinajstić information content (AvgIpc) is 3.67. The molecule has 11 rings (SSSR count). The van der Waals surface area contributed by atoms with E-state index in [1.807, 2.05) is 45.9 Å². The number of likely N-dealkylation sites (N-methyl/N-ethyl adjacent to an activating group) is 1. The number of nitrogen functional groups attached to an aromatic ring is 1. The molecule has 0 radical (unpaired) electrons. The second-order valence-corrected chi connectivity index (χ2v) is 15.5. The number of ether oxygens (including phenoxy) is 6. The van der Waals surface area contributed by atoms with Gasteiger partial charge in [-0.2, -0.15) is 0 Å². The molecule has 5 aliphatic heterocycles. The highest BCUT2D eigenvalue weighted by atomic mass is 16.6. The number of nitrogens with two attached hydrogens (primary N) is 1. The summed E-state index contributed by atoms with van der Waals surface area (Å²) >= 11 is 0. The Morgan fingerprint density at radius 1 is 0.797 bits per heavy atom. The Hall–Kier alpha value is -6.54. The number of nitrogens with zero attached hydrogens (tertiary/aromatic N) is 6. The number of methoxy groups -OCH3 is 2. The van der Waals surface area contributed by atoms with Crippen molar-refractivity contribution >= 4 is 23.1 Å². The first kappa shape index (κ1) is 36.8. The van der Waals surface area contributed by atoms with Crippen molar-refractivity contribution in [1.29, 1.82) is 0 Å². The minimum atomic E-state index is -0.433. The Bertz CT molecular complexity index is 2590. The van der Waals surface area contributed by atoms with Gasteiger partial charge in [0.2, 0.25) is 5.75 Å². The van der Waals surface area contributed by atoms with Crippen LogP contribution in [0.25, 0.3) is 11.2 Å². The lowest BCUT2D eigenvalue weighted by Gasteiger charge is -2.39. The largest absolute Gasteiger partial charge is 0.493 e. The van der Waals surface area contributed by atoms with Gasteiger partial charge in [0.1, 0.15) is 17.6 Å². The fraction of sp³-hybridized carbons (Fsp3) is 0.333. The molecule has 2 atom stereocenters. The SMILES string of the molecule is COc1ccc2cc1Oc1ccc(cc1)C[C@H]1c3c(cc(OC)c4c3Oc3cc5c(cc3O4)CCN(C)[C@H]5C2)CCN1C(=O)OCCCCn1cnc2c(N)ncnc21. The van der Waals surface area contributed by atoms with Gasteiger partial charge in [-0.05, 0) is 116 Å². The van der Waals surface area contributed by atoms with E-state index in [-0.39, 0.29) is 18.7 Å². The van der Waals surface area contributed by atoms with Crippen molar-refractivity contribution in [3.05, 3.63) is 107 Å². The second-order valence-electron chi connectivity index (χ2n) is 15.5. The van der Waals surface area contributed by atoms with E-state index in [1.165, 1.54) is 17.5 Å². The lowest BCUT2D eigenvalue weighted by Crippen LogP contribution is -2.41. The third-order valence-electron chi connectivity index (χ3n) is 12.1. The maximum Gasteiger partial charge on any atom is 0.410 e. The molecule has 2 aromatic heterocycles. The van der Waals surface area contributed by atoms with Crippen molar-refractivity contribution in [1.82, 2.24) is 29.3 Å². The molecule has 6 aromatic rings. The number of aryl methyl sites for hydroxylation is 1. The molecule has 0 saturated carbocycles. The quantitative estimate of drug-likeness (QED) is 0.156. The molecular formula is C45H45N7O7. The molecule has 14 heteroatoms. The van der Waals surface area contributed by atoms with Gasteiger partial charge in [0.05, 0.1) is 33.2 Å². The Morgan fingerprint density at radius 2 is 1.58 bits per heavy atom. The van der Waals surface area contributed by atoms with Crippen molar-refractivity contribution in [2.75, 3.05) is 46.7 Å². The fourth-order valence-corrected chi connectivity index (χ4v) is 8.95. The highest BCUT2D eigenvalue weighted by Crippen LogP contribution is 2.57. The van der Waals surface area contributed by atoms with E-state index in [0.29, 0.717) is 95.3 Å². The molecule has 14 nitrogen and oxygen atoms in total. The maximum atomic E-state index is 14.2. The Balaban J connectivity index is 0.998. The number of hydrogen-bond acceptors (Lipinski definition) is 12. The maximum absolute atomic E-state index is 14.2. The lowest BCUT2D eigenvalue weighted by molar-refractivity contribution is 0.0801. The van der Waals surface area contributed by atoms with Crippen molar-refractivity contribution in [2.24, 2.45) is 0 Å². The van der Waals surface area contributed by atoms with Crippen molar-refractivity contribution in [3.8, 4) is 46.0 Å². The molecule has 4 aromatic carbocycles. The summed E-state index contributed by atoms with van der Waals surface area (Å²) in [5.41, 5.74) is 13.7. The van der Waals surface area contributed by atoms with Gasteiger partial charge in [0.15, 0.2) is 46.0 Å². The number of carbonyl (C=O) groups excluding carboxylic acids is 1. The summed E-state index contributed by atoms with van der Waals surface area (Å²) in [6, 6.07) is 20.1. The number of aromatic nitrogens is 4. The normalized spacial score (nSPS) is 17.7. The van der Waals surface area contributed by atoms with Crippen LogP contribution >= 0.6 is 0 Å². The molecule has 1 amide bonds. The zero-order chi connectivity index (χ0) is 40.2. The summed E-state index contributed by atoms with van der Waals surface area (Å²) in [5, 5.41) is 0. The van der Waals surface area contributed by atoms with E-state index in [2.05, 4.69) is 51.2 Å². The van der Waals surface area contributed by atoms with Gasteiger partial charge in [-0.25, -0.2) is 19.7 Å². The molecule has 302 valence electrons. The first-order chi connectivity index (χ1) is 28.8. The predicted molar refractivity (Wildman–Crippen MR) is 219 cm³/mol. The van der Waals surface area contributed by atoms with Crippen LogP contribution in [0.1, 0.15) is 58.3 Å². The number of amides is 1. The molecule has 59 heavy (non-hydrogen) atoms. The van der Waals surface area contributed by atoms with Gasteiger partial charge < -0.3 is 43.6 Å². The van der Waals surface area contributed by atoms with Gasteiger partial charge >= 0.3 is 6.09 Å². The Kier molecular flexibility index (Phi) is 9.35. The highest BCUT2D eigenvalue weighted by molar-refractivity contribution is 5.81. The van der Waals surface area contributed by atoms with Crippen molar-refractivity contribution < 1.29 is 33.2 Å². The third kappa shape index (κ3) is 6.66. The average molecular weight is 796 g/mol. The van der Waals surface area contributed by atoms with Gasteiger partial charge in [0, 0.05) is 31.2 Å². The molecule has 0 unspecified atom stereocenters. The van der Waals surface area contributed by atoms with Gasteiger partial charge in [0.25, 0.3) is 0 Å². The van der Waals surface area contributed by atoms with Crippen molar-refractivity contribution in [3.63, 3.8) is 0 Å². The zero-order valence-electron chi connectivity index (χ0n) is 33.3. The number of fused-ring (bicyclic) bond motifs is 3. The van der Waals surface area contributed by atoms with Crippen LogP contribution in [0, 0.1) is 0 Å². The van der Waals surface area contributed by atoms with Crippen LogP contribution in [0.5, 0.6) is 46.0 Å². The van der Waals surface area contributed by atoms with Crippen LogP contribution in [-0.2, 0) is 37.0 Å². The molecule has 2 N–H and O–H groups in total. The number of benzene rings is 4. The highest BCUT2D eigenvalue weighted by Gasteiger charge is 2.40. The Labute approximate surface area is 341 Å². The van der Waals surface area contributed by atoms with Crippen LogP contribution in [0.15, 0.2) is 73.3 Å². The minimum absolute atomic E-state index is 0.0813. The number of hydrogen-bond donors (Lipinski definition) is 1. The van der Waals surface area contributed by atoms with Gasteiger partial charge in [-0.15, -0.1) is 0 Å². The third-order valence-corrected chi connectivity index (χ3v) is 12.1. The number of carbonyl (C=O) groups is 1. The first-order valence-corrected chi connectivity index (χ1v) is 20.1. The molecule has 7 bridgehead atoms.